The fourth-order valence-electron chi connectivity index (χ4n) is 3.47. The van der Waals surface area contributed by atoms with Gasteiger partial charge in [0.1, 0.15) is 12.0 Å². The normalized spacial score (nSPS) is 20.2. The highest BCUT2D eigenvalue weighted by atomic mass is 16.5. The molecule has 1 unspecified atom stereocenters. The van der Waals surface area contributed by atoms with Gasteiger partial charge in [0.2, 0.25) is 0 Å². The Kier molecular flexibility index (Phi) is 3.74. The van der Waals surface area contributed by atoms with Gasteiger partial charge in [0.25, 0.3) is 0 Å². The van der Waals surface area contributed by atoms with Crippen molar-refractivity contribution in [3.63, 3.8) is 0 Å². The Balaban J connectivity index is 2.60. The summed E-state index contributed by atoms with van der Waals surface area (Å²) in [7, 11) is 1.59. The van der Waals surface area contributed by atoms with Crippen molar-refractivity contribution in [1.29, 1.82) is 0 Å². The number of aldehydes is 1. The van der Waals surface area contributed by atoms with Crippen LogP contribution in [0.25, 0.3) is 0 Å². The third-order valence-electron chi connectivity index (χ3n) is 4.61. The topological polar surface area (TPSA) is 43.4 Å². The maximum absolute atomic E-state index is 12.6. The summed E-state index contributed by atoms with van der Waals surface area (Å²) in [4.78, 5) is 23.5. The maximum atomic E-state index is 12.6. The lowest BCUT2D eigenvalue weighted by Gasteiger charge is -2.33. The molecule has 0 heterocycles. The van der Waals surface area contributed by atoms with E-state index in [1.54, 1.807) is 7.11 Å². The van der Waals surface area contributed by atoms with E-state index in [2.05, 4.69) is 13.8 Å². The number of fused-ring (bicyclic) bond motifs is 1. The molecule has 0 amide bonds. The first-order valence-corrected chi connectivity index (χ1v) is 6.81. The highest BCUT2D eigenvalue weighted by Crippen LogP contribution is 2.49. The molecule has 0 bridgehead atoms. The van der Waals surface area contributed by atoms with Crippen LogP contribution >= 0.6 is 0 Å². The average Bonchev–Trinajstić information content (AvgIpc) is 2.69. The molecule has 0 spiro atoms. The van der Waals surface area contributed by atoms with Crippen molar-refractivity contribution >= 4 is 12.1 Å². The van der Waals surface area contributed by atoms with E-state index < -0.39 is 0 Å². The Hall–Kier alpha value is -1.64. The van der Waals surface area contributed by atoms with Crippen molar-refractivity contribution in [1.82, 2.24) is 0 Å². The second-order valence-corrected chi connectivity index (χ2v) is 5.09. The molecule has 0 radical (unpaired) electrons. The van der Waals surface area contributed by atoms with Crippen molar-refractivity contribution in [2.24, 2.45) is 5.92 Å². The summed E-state index contributed by atoms with van der Waals surface area (Å²) in [5.74, 6) is 0.562. The van der Waals surface area contributed by atoms with Crippen LogP contribution in [0.15, 0.2) is 18.2 Å². The van der Waals surface area contributed by atoms with E-state index in [0.717, 1.165) is 30.3 Å². The predicted octanol–water partition coefficient (Wildman–Crippen LogP) is 3.15. The standard InChI is InChI=1S/C16H20O3/c1-4-16(5-2)13-7-6-11(19-3)10-12(13)15(18)14(16)8-9-17/h6-7,9-10,14H,4-5,8H2,1-3H3. The fourth-order valence-corrected chi connectivity index (χ4v) is 3.47. The van der Waals surface area contributed by atoms with Gasteiger partial charge < -0.3 is 9.53 Å². The van der Waals surface area contributed by atoms with Gasteiger partial charge >= 0.3 is 0 Å². The number of carbonyl (C=O) groups is 2. The van der Waals surface area contributed by atoms with E-state index in [1.165, 1.54) is 0 Å². The summed E-state index contributed by atoms with van der Waals surface area (Å²) in [6.45, 7) is 4.18. The van der Waals surface area contributed by atoms with Gasteiger partial charge in [-0.2, -0.15) is 0 Å². The molecule has 102 valence electrons. The first-order chi connectivity index (χ1) is 9.14. The number of hydrogen-bond donors (Lipinski definition) is 0. The number of carbonyl (C=O) groups excluding carboxylic acids is 2. The number of ketones is 1. The highest BCUT2D eigenvalue weighted by molar-refractivity contribution is 6.05. The molecule has 1 aliphatic carbocycles. The quantitative estimate of drug-likeness (QED) is 0.764. The molecule has 1 aromatic rings. The highest BCUT2D eigenvalue weighted by Gasteiger charge is 2.49. The number of benzene rings is 1. The Morgan fingerprint density at radius 2 is 2.00 bits per heavy atom. The first kappa shape index (κ1) is 13.8. The second kappa shape index (κ2) is 5.16. The van der Waals surface area contributed by atoms with Gasteiger partial charge in [0, 0.05) is 23.3 Å². The minimum absolute atomic E-state index is 0.0877. The Labute approximate surface area is 114 Å². The Morgan fingerprint density at radius 3 is 2.53 bits per heavy atom. The molecule has 0 fully saturated rings. The van der Waals surface area contributed by atoms with E-state index in [-0.39, 0.29) is 17.1 Å². The number of hydrogen-bond acceptors (Lipinski definition) is 3. The van der Waals surface area contributed by atoms with Gasteiger partial charge in [0.05, 0.1) is 7.11 Å². The summed E-state index contributed by atoms with van der Waals surface area (Å²) in [6.07, 6.45) is 2.91. The van der Waals surface area contributed by atoms with E-state index >= 15 is 0 Å². The van der Waals surface area contributed by atoms with Crippen LogP contribution in [0.1, 0.15) is 49.0 Å². The molecule has 1 aliphatic rings. The third-order valence-corrected chi connectivity index (χ3v) is 4.61. The summed E-state index contributed by atoms with van der Waals surface area (Å²) in [5, 5.41) is 0. The van der Waals surface area contributed by atoms with Crippen LogP contribution in [-0.2, 0) is 10.2 Å². The third kappa shape index (κ3) is 1.88. The first-order valence-electron chi connectivity index (χ1n) is 6.81. The molecular weight excluding hydrogens is 240 g/mol. The molecule has 19 heavy (non-hydrogen) atoms. The number of Topliss-reactive ketones (excluding diaryl/α,β-unsaturated/α-hetero) is 1. The molecular formula is C16H20O3. The van der Waals surface area contributed by atoms with Gasteiger partial charge in [-0.25, -0.2) is 0 Å². The Bertz CT molecular complexity index is 501. The largest absolute Gasteiger partial charge is 0.497 e. The summed E-state index contributed by atoms with van der Waals surface area (Å²) >= 11 is 0. The molecule has 1 atom stereocenters. The number of methoxy groups -OCH3 is 1. The molecule has 0 saturated carbocycles. The van der Waals surface area contributed by atoms with Crippen LogP contribution in [0, 0.1) is 5.92 Å². The van der Waals surface area contributed by atoms with Crippen molar-refractivity contribution in [3.8, 4) is 5.75 Å². The van der Waals surface area contributed by atoms with Crippen molar-refractivity contribution < 1.29 is 14.3 Å². The lowest BCUT2D eigenvalue weighted by atomic mass is 9.69. The second-order valence-electron chi connectivity index (χ2n) is 5.09. The molecule has 3 nitrogen and oxygen atoms in total. The minimum Gasteiger partial charge on any atom is -0.497 e. The minimum atomic E-state index is -0.220. The molecule has 0 aromatic heterocycles. The molecule has 0 N–H and O–H groups in total. The van der Waals surface area contributed by atoms with Gasteiger partial charge in [0.15, 0.2) is 5.78 Å². The van der Waals surface area contributed by atoms with Crippen LogP contribution in [-0.4, -0.2) is 19.2 Å². The summed E-state index contributed by atoms with van der Waals surface area (Å²) in [6, 6.07) is 5.70. The van der Waals surface area contributed by atoms with Crippen LogP contribution in [0.5, 0.6) is 5.75 Å². The smallest absolute Gasteiger partial charge is 0.167 e. The molecule has 3 heteroatoms. The predicted molar refractivity (Wildman–Crippen MR) is 73.8 cm³/mol. The van der Waals surface area contributed by atoms with Gasteiger partial charge in [-0.05, 0) is 30.5 Å². The zero-order valence-corrected chi connectivity index (χ0v) is 11.7. The molecule has 0 aliphatic heterocycles. The monoisotopic (exact) mass is 260 g/mol. The SMILES string of the molecule is CCC1(CC)c2ccc(OC)cc2C(=O)C1CC=O. The summed E-state index contributed by atoms with van der Waals surface area (Å²) < 4.78 is 5.20. The van der Waals surface area contributed by atoms with Crippen molar-refractivity contribution in [3.05, 3.63) is 29.3 Å². The Morgan fingerprint density at radius 1 is 1.32 bits per heavy atom. The zero-order chi connectivity index (χ0) is 14.0. The fraction of sp³-hybridized carbons (Fsp3) is 0.500. The van der Waals surface area contributed by atoms with Crippen LogP contribution in [0.3, 0.4) is 0 Å². The van der Waals surface area contributed by atoms with Crippen molar-refractivity contribution in [2.45, 2.75) is 38.5 Å². The molecule has 1 aromatic carbocycles. The summed E-state index contributed by atoms with van der Waals surface area (Å²) in [5.41, 5.74) is 1.62. The van der Waals surface area contributed by atoms with Crippen LogP contribution in [0.4, 0.5) is 0 Å². The van der Waals surface area contributed by atoms with E-state index in [9.17, 15) is 9.59 Å². The average molecular weight is 260 g/mol. The van der Waals surface area contributed by atoms with E-state index in [0.29, 0.717) is 12.2 Å². The van der Waals surface area contributed by atoms with Gasteiger partial charge in [-0.15, -0.1) is 0 Å². The van der Waals surface area contributed by atoms with Crippen LogP contribution < -0.4 is 4.74 Å². The van der Waals surface area contributed by atoms with E-state index in [4.69, 9.17) is 4.74 Å². The van der Waals surface area contributed by atoms with Gasteiger partial charge in [-0.1, -0.05) is 19.9 Å². The number of ether oxygens (including phenoxy) is 1. The zero-order valence-electron chi connectivity index (χ0n) is 11.7. The van der Waals surface area contributed by atoms with Crippen LogP contribution in [0.2, 0.25) is 0 Å². The van der Waals surface area contributed by atoms with Gasteiger partial charge in [-0.3, -0.25) is 4.79 Å². The lowest BCUT2D eigenvalue weighted by Crippen LogP contribution is -2.32. The molecule has 0 saturated heterocycles. The maximum Gasteiger partial charge on any atom is 0.167 e. The number of rotatable bonds is 5. The lowest BCUT2D eigenvalue weighted by molar-refractivity contribution is -0.108. The van der Waals surface area contributed by atoms with E-state index in [1.807, 2.05) is 18.2 Å². The van der Waals surface area contributed by atoms with Crippen molar-refractivity contribution in [2.75, 3.05) is 7.11 Å². The molecule has 2 rings (SSSR count).